The summed E-state index contributed by atoms with van der Waals surface area (Å²) in [5.41, 5.74) is 0. The molecule has 0 aromatic carbocycles. The molecule has 1 aromatic heterocycles. The summed E-state index contributed by atoms with van der Waals surface area (Å²) in [4.78, 5) is 15.6. The summed E-state index contributed by atoms with van der Waals surface area (Å²) in [5.74, 6) is 1.71. The number of aryl methyl sites for hydroxylation is 1. The first-order valence-corrected chi connectivity index (χ1v) is 5.69. The van der Waals surface area contributed by atoms with E-state index in [0.717, 1.165) is 18.3 Å². The van der Waals surface area contributed by atoms with Crippen molar-refractivity contribution in [2.24, 2.45) is 13.0 Å². The summed E-state index contributed by atoms with van der Waals surface area (Å²) in [6.07, 6.45) is 6.21. The molecule has 0 saturated heterocycles. The van der Waals surface area contributed by atoms with Crippen LogP contribution in [0.4, 0.5) is 0 Å². The molecule has 0 bridgehead atoms. The zero-order valence-corrected chi connectivity index (χ0v) is 9.57. The lowest BCUT2D eigenvalue weighted by atomic mass is 10.4. The predicted octanol–water partition coefficient (Wildman–Crippen LogP) is 0.0359. The Hall–Kier alpha value is -1.36. The molecular weight excluding hydrogens is 204 g/mol. The number of amides is 1. The zero-order chi connectivity index (χ0) is 11.4. The fraction of sp³-hybridized carbons (Fsp3) is 0.636. The lowest BCUT2D eigenvalue weighted by molar-refractivity contribution is -0.120. The number of carbonyl (C=O) groups is 1. The van der Waals surface area contributed by atoms with Crippen LogP contribution in [0.5, 0.6) is 0 Å². The van der Waals surface area contributed by atoms with E-state index in [1.54, 1.807) is 6.20 Å². The Morgan fingerprint density at radius 2 is 2.44 bits per heavy atom. The van der Waals surface area contributed by atoms with Gasteiger partial charge in [0.1, 0.15) is 5.82 Å². The van der Waals surface area contributed by atoms with Crippen molar-refractivity contribution in [3.8, 4) is 0 Å². The lowest BCUT2D eigenvalue weighted by Gasteiger charge is -2.06. The van der Waals surface area contributed by atoms with Crippen LogP contribution in [-0.2, 0) is 18.4 Å². The molecule has 0 spiro atoms. The average molecular weight is 222 g/mol. The van der Waals surface area contributed by atoms with Crippen molar-refractivity contribution in [1.29, 1.82) is 0 Å². The molecule has 0 unspecified atom stereocenters. The molecule has 2 N–H and O–H groups in total. The topological polar surface area (TPSA) is 59.0 Å². The second kappa shape index (κ2) is 5.12. The molecule has 5 heteroatoms. The quantitative estimate of drug-likeness (QED) is 0.714. The Labute approximate surface area is 95.2 Å². The summed E-state index contributed by atoms with van der Waals surface area (Å²) in [7, 11) is 1.92. The Morgan fingerprint density at radius 1 is 1.62 bits per heavy atom. The maximum absolute atomic E-state index is 11.4. The fourth-order valence-corrected chi connectivity index (χ4v) is 1.52. The minimum atomic E-state index is 0.0312. The van der Waals surface area contributed by atoms with E-state index in [2.05, 4.69) is 15.6 Å². The summed E-state index contributed by atoms with van der Waals surface area (Å²) < 4.78 is 1.90. The second-order valence-corrected chi connectivity index (χ2v) is 4.31. The van der Waals surface area contributed by atoms with E-state index in [4.69, 9.17) is 0 Å². The van der Waals surface area contributed by atoms with Gasteiger partial charge >= 0.3 is 0 Å². The van der Waals surface area contributed by atoms with Gasteiger partial charge in [-0.3, -0.25) is 4.79 Å². The van der Waals surface area contributed by atoms with Gasteiger partial charge in [0, 0.05) is 19.4 Å². The van der Waals surface area contributed by atoms with Crippen LogP contribution in [0.15, 0.2) is 12.4 Å². The Balaban J connectivity index is 1.61. The number of carbonyl (C=O) groups excluding carboxylic acids is 1. The number of hydrogen-bond donors (Lipinski definition) is 2. The molecular formula is C11H18N4O. The SMILES string of the molecule is Cn1ccnc1CNC(=O)CNCC1CC1. The molecule has 1 fully saturated rings. The van der Waals surface area contributed by atoms with Crippen LogP contribution in [0.1, 0.15) is 18.7 Å². The highest BCUT2D eigenvalue weighted by atomic mass is 16.1. The molecule has 1 aromatic rings. The summed E-state index contributed by atoms with van der Waals surface area (Å²) in [6.45, 7) is 1.87. The first-order valence-electron chi connectivity index (χ1n) is 5.69. The smallest absolute Gasteiger partial charge is 0.234 e. The van der Waals surface area contributed by atoms with Crippen LogP contribution >= 0.6 is 0 Å². The van der Waals surface area contributed by atoms with Crippen LogP contribution in [0.3, 0.4) is 0 Å². The minimum Gasteiger partial charge on any atom is -0.348 e. The maximum atomic E-state index is 11.4. The van der Waals surface area contributed by atoms with E-state index < -0.39 is 0 Å². The maximum Gasteiger partial charge on any atom is 0.234 e. The van der Waals surface area contributed by atoms with Crippen LogP contribution in [0, 0.1) is 5.92 Å². The fourth-order valence-electron chi connectivity index (χ4n) is 1.52. The van der Waals surface area contributed by atoms with Crippen molar-refractivity contribution in [2.75, 3.05) is 13.1 Å². The van der Waals surface area contributed by atoms with Crippen LogP contribution < -0.4 is 10.6 Å². The van der Waals surface area contributed by atoms with Crippen molar-refractivity contribution in [2.45, 2.75) is 19.4 Å². The molecule has 1 aliphatic carbocycles. The van der Waals surface area contributed by atoms with Crippen LogP contribution in [-0.4, -0.2) is 28.5 Å². The standard InChI is InChI=1S/C11H18N4O/c1-15-5-4-13-10(15)7-14-11(16)8-12-6-9-2-3-9/h4-5,9,12H,2-3,6-8H2,1H3,(H,14,16). The third-order valence-corrected chi connectivity index (χ3v) is 2.78. The third-order valence-electron chi connectivity index (χ3n) is 2.78. The van der Waals surface area contributed by atoms with Crippen molar-refractivity contribution in [3.63, 3.8) is 0 Å². The summed E-state index contributed by atoms with van der Waals surface area (Å²) in [5, 5.41) is 5.99. The largest absolute Gasteiger partial charge is 0.348 e. The number of hydrogen-bond acceptors (Lipinski definition) is 3. The molecule has 1 saturated carbocycles. The molecule has 1 heterocycles. The number of nitrogens with one attached hydrogen (secondary N) is 2. The first kappa shape index (κ1) is 11.1. The highest BCUT2D eigenvalue weighted by Crippen LogP contribution is 2.27. The van der Waals surface area contributed by atoms with E-state index in [9.17, 15) is 4.79 Å². The highest BCUT2D eigenvalue weighted by Gasteiger charge is 2.20. The van der Waals surface area contributed by atoms with Crippen LogP contribution in [0.25, 0.3) is 0 Å². The second-order valence-electron chi connectivity index (χ2n) is 4.31. The molecule has 0 aliphatic heterocycles. The Bertz CT molecular complexity index is 357. The molecule has 2 rings (SSSR count). The summed E-state index contributed by atoms with van der Waals surface area (Å²) in [6, 6.07) is 0. The van der Waals surface area contributed by atoms with Gasteiger partial charge in [-0.2, -0.15) is 0 Å². The lowest BCUT2D eigenvalue weighted by Crippen LogP contribution is -2.34. The van der Waals surface area contributed by atoms with Gasteiger partial charge in [-0.25, -0.2) is 4.98 Å². The molecule has 5 nitrogen and oxygen atoms in total. The molecule has 0 atom stereocenters. The van der Waals surface area contributed by atoms with Crippen molar-refractivity contribution >= 4 is 5.91 Å². The van der Waals surface area contributed by atoms with Crippen LogP contribution in [0.2, 0.25) is 0 Å². The first-order chi connectivity index (χ1) is 7.75. The van der Waals surface area contributed by atoms with Gasteiger partial charge in [0.2, 0.25) is 5.91 Å². The van der Waals surface area contributed by atoms with Crippen molar-refractivity contribution < 1.29 is 4.79 Å². The molecule has 1 amide bonds. The highest BCUT2D eigenvalue weighted by molar-refractivity contribution is 5.77. The number of imidazole rings is 1. The third kappa shape index (κ3) is 3.34. The van der Waals surface area contributed by atoms with Crippen molar-refractivity contribution in [3.05, 3.63) is 18.2 Å². The number of rotatable bonds is 6. The monoisotopic (exact) mass is 222 g/mol. The van der Waals surface area contributed by atoms with E-state index in [1.807, 2.05) is 17.8 Å². The Kier molecular flexibility index (Phi) is 3.56. The van der Waals surface area contributed by atoms with Gasteiger partial charge in [0.25, 0.3) is 0 Å². The van der Waals surface area contributed by atoms with Gasteiger partial charge in [0.05, 0.1) is 13.1 Å². The molecule has 0 radical (unpaired) electrons. The molecule has 88 valence electrons. The zero-order valence-electron chi connectivity index (χ0n) is 9.57. The van der Waals surface area contributed by atoms with Gasteiger partial charge in [0.15, 0.2) is 0 Å². The van der Waals surface area contributed by atoms with E-state index in [0.29, 0.717) is 13.1 Å². The van der Waals surface area contributed by atoms with Gasteiger partial charge in [-0.05, 0) is 25.3 Å². The van der Waals surface area contributed by atoms with Gasteiger partial charge < -0.3 is 15.2 Å². The predicted molar refractivity (Wildman–Crippen MR) is 60.6 cm³/mol. The molecule has 16 heavy (non-hydrogen) atoms. The van der Waals surface area contributed by atoms with E-state index >= 15 is 0 Å². The number of nitrogens with zero attached hydrogens (tertiary/aromatic N) is 2. The van der Waals surface area contributed by atoms with Crippen molar-refractivity contribution in [1.82, 2.24) is 20.2 Å². The molecule has 1 aliphatic rings. The summed E-state index contributed by atoms with van der Waals surface area (Å²) >= 11 is 0. The van der Waals surface area contributed by atoms with Gasteiger partial charge in [-0.15, -0.1) is 0 Å². The van der Waals surface area contributed by atoms with E-state index in [1.165, 1.54) is 12.8 Å². The Morgan fingerprint density at radius 3 is 3.06 bits per heavy atom. The minimum absolute atomic E-state index is 0.0312. The van der Waals surface area contributed by atoms with E-state index in [-0.39, 0.29) is 5.91 Å². The van der Waals surface area contributed by atoms with Gasteiger partial charge in [-0.1, -0.05) is 0 Å². The normalized spacial score (nSPS) is 15.1. The average Bonchev–Trinajstić information content (AvgIpc) is 2.99. The number of aromatic nitrogens is 2.